The monoisotopic (exact) mass is 374 g/mol. The molecule has 0 saturated carbocycles. The SMILES string of the molecule is Cc1ccc2c(c1CN1CCOCC1)O/C(=C\C1=CCc3ncccc31)C2=O. The van der Waals surface area contributed by atoms with Crippen molar-refractivity contribution >= 4 is 11.4 Å². The Kier molecular flexibility index (Phi) is 4.34. The van der Waals surface area contributed by atoms with E-state index in [1.54, 1.807) is 6.20 Å². The molecule has 142 valence electrons. The van der Waals surface area contributed by atoms with E-state index in [1.165, 1.54) is 0 Å². The first-order valence-corrected chi connectivity index (χ1v) is 9.72. The van der Waals surface area contributed by atoms with Gasteiger partial charge in [0.25, 0.3) is 0 Å². The molecule has 28 heavy (non-hydrogen) atoms. The second kappa shape index (κ2) is 7.00. The number of benzene rings is 1. The van der Waals surface area contributed by atoms with Crippen LogP contribution in [0.5, 0.6) is 5.75 Å². The summed E-state index contributed by atoms with van der Waals surface area (Å²) in [7, 11) is 0. The number of carbonyl (C=O) groups excluding carboxylic acids is 1. The Labute approximate surface area is 164 Å². The van der Waals surface area contributed by atoms with Gasteiger partial charge in [-0.05, 0) is 36.3 Å². The van der Waals surface area contributed by atoms with Crippen molar-refractivity contribution in [3.8, 4) is 5.75 Å². The van der Waals surface area contributed by atoms with E-state index in [0.29, 0.717) is 17.1 Å². The van der Waals surface area contributed by atoms with Gasteiger partial charge in [0.15, 0.2) is 5.76 Å². The van der Waals surface area contributed by atoms with Crippen molar-refractivity contribution in [2.75, 3.05) is 26.3 Å². The third kappa shape index (κ3) is 2.97. The number of rotatable bonds is 3. The Morgan fingerprint density at radius 3 is 2.89 bits per heavy atom. The molecule has 1 aliphatic carbocycles. The number of nitrogens with zero attached hydrogens (tertiary/aromatic N) is 2. The van der Waals surface area contributed by atoms with Crippen molar-refractivity contribution < 1.29 is 14.3 Å². The highest BCUT2D eigenvalue weighted by molar-refractivity contribution is 6.13. The molecule has 1 fully saturated rings. The molecule has 1 aromatic heterocycles. The van der Waals surface area contributed by atoms with E-state index in [0.717, 1.165) is 67.2 Å². The molecule has 0 atom stereocenters. The molecule has 2 aliphatic heterocycles. The highest BCUT2D eigenvalue weighted by Crippen LogP contribution is 2.38. The molecule has 0 unspecified atom stereocenters. The van der Waals surface area contributed by atoms with Crippen molar-refractivity contribution in [2.24, 2.45) is 0 Å². The van der Waals surface area contributed by atoms with Gasteiger partial charge in [-0.2, -0.15) is 0 Å². The standard InChI is InChI=1S/C23H22N2O3/c1-15-4-6-18-22(26)21(13-16-5-7-20-17(16)3-2-8-24-20)28-23(18)19(15)14-25-9-11-27-12-10-25/h2-6,8,13H,7,9-12,14H2,1H3/b21-13-. The Morgan fingerprint density at radius 1 is 1.18 bits per heavy atom. The van der Waals surface area contributed by atoms with Gasteiger partial charge < -0.3 is 9.47 Å². The third-order valence-corrected chi connectivity index (χ3v) is 5.66. The van der Waals surface area contributed by atoms with Crippen LogP contribution < -0.4 is 4.74 Å². The van der Waals surface area contributed by atoms with E-state index in [4.69, 9.17) is 9.47 Å². The average molecular weight is 374 g/mol. The maximum Gasteiger partial charge on any atom is 0.231 e. The van der Waals surface area contributed by atoms with Crippen LogP contribution in [0.1, 0.15) is 32.7 Å². The fraction of sp³-hybridized carbons (Fsp3) is 0.304. The maximum atomic E-state index is 13.0. The van der Waals surface area contributed by atoms with E-state index in [9.17, 15) is 4.79 Å². The number of fused-ring (bicyclic) bond motifs is 2. The van der Waals surface area contributed by atoms with E-state index in [1.807, 2.05) is 30.3 Å². The highest BCUT2D eigenvalue weighted by atomic mass is 16.5. The van der Waals surface area contributed by atoms with Gasteiger partial charge in [0.1, 0.15) is 5.75 Å². The molecule has 0 N–H and O–H groups in total. The number of ketones is 1. The largest absolute Gasteiger partial charge is 0.452 e. The second-order valence-corrected chi connectivity index (χ2v) is 7.43. The van der Waals surface area contributed by atoms with E-state index >= 15 is 0 Å². The molecule has 2 aromatic rings. The summed E-state index contributed by atoms with van der Waals surface area (Å²) >= 11 is 0. The zero-order chi connectivity index (χ0) is 19.1. The molecular formula is C23H22N2O3. The first kappa shape index (κ1) is 17.3. The minimum atomic E-state index is -0.0449. The number of carbonyl (C=O) groups is 1. The molecule has 5 nitrogen and oxygen atoms in total. The predicted molar refractivity (Wildman–Crippen MR) is 106 cm³/mol. The summed E-state index contributed by atoms with van der Waals surface area (Å²) in [6, 6.07) is 7.87. The number of aryl methyl sites for hydroxylation is 1. The van der Waals surface area contributed by atoms with E-state index < -0.39 is 0 Å². The minimum absolute atomic E-state index is 0.0449. The molecule has 3 heterocycles. The summed E-state index contributed by atoms with van der Waals surface area (Å²) in [4.78, 5) is 19.7. The van der Waals surface area contributed by atoms with Crippen molar-refractivity contribution in [3.63, 3.8) is 0 Å². The molecule has 0 amide bonds. The van der Waals surface area contributed by atoms with Crippen LogP contribution in [0.2, 0.25) is 0 Å². The van der Waals surface area contributed by atoms with Gasteiger partial charge in [0.05, 0.1) is 24.5 Å². The van der Waals surface area contributed by atoms with E-state index in [-0.39, 0.29) is 5.78 Å². The van der Waals surface area contributed by atoms with Gasteiger partial charge in [-0.1, -0.05) is 18.2 Å². The summed E-state index contributed by atoms with van der Waals surface area (Å²) in [5.74, 6) is 1.07. The molecular weight excluding hydrogens is 352 g/mol. The van der Waals surface area contributed by atoms with E-state index in [2.05, 4.69) is 22.9 Å². The Bertz CT molecular complexity index is 1020. The van der Waals surface area contributed by atoms with Crippen molar-refractivity contribution in [3.05, 3.63) is 76.3 Å². The van der Waals surface area contributed by atoms with Crippen LogP contribution in [0.25, 0.3) is 5.57 Å². The Balaban J connectivity index is 1.46. The molecule has 5 rings (SSSR count). The number of Topliss-reactive ketones (excluding diaryl/α,β-unsaturated/α-hetero) is 1. The minimum Gasteiger partial charge on any atom is -0.452 e. The summed E-state index contributed by atoms with van der Waals surface area (Å²) in [6.07, 6.45) is 6.56. The predicted octanol–water partition coefficient (Wildman–Crippen LogP) is 3.32. The Morgan fingerprint density at radius 2 is 2.04 bits per heavy atom. The van der Waals surface area contributed by atoms with Crippen molar-refractivity contribution in [1.29, 1.82) is 0 Å². The lowest BCUT2D eigenvalue weighted by Gasteiger charge is -2.27. The van der Waals surface area contributed by atoms with Gasteiger partial charge >= 0.3 is 0 Å². The fourth-order valence-corrected chi connectivity index (χ4v) is 4.04. The number of ether oxygens (including phenoxy) is 2. The van der Waals surface area contributed by atoms with Crippen LogP contribution >= 0.6 is 0 Å². The summed E-state index contributed by atoms with van der Waals surface area (Å²) in [6.45, 7) is 6.15. The van der Waals surface area contributed by atoms with Crippen LogP contribution in [0.4, 0.5) is 0 Å². The van der Waals surface area contributed by atoms with Gasteiger partial charge in [-0.3, -0.25) is 14.7 Å². The first-order valence-electron chi connectivity index (χ1n) is 9.72. The quantitative estimate of drug-likeness (QED) is 0.772. The van der Waals surface area contributed by atoms with Gasteiger partial charge in [-0.15, -0.1) is 0 Å². The van der Waals surface area contributed by atoms with Crippen LogP contribution in [0.15, 0.2) is 48.4 Å². The third-order valence-electron chi connectivity index (χ3n) is 5.66. The van der Waals surface area contributed by atoms with Gasteiger partial charge in [-0.25, -0.2) is 0 Å². The number of aromatic nitrogens is 1. The van der Waals surface area contributed by atoms with Crippen molar-refractivity contribution in [2.45, 2.75) is 19.9 Å². The van der Waals surface area contributed by atoms with Crippen molar-refractivity contribution in [1.82, 2.24) is 9.88 Å². The number of morpholine rings is 1. The normalized spacial score (nSPS) is 20.1. The summed E-state index contributed by atoms with van der Waals surface area (Å²) in [5, 5.41) is 0. The lowest BCUT2D eigenvalue weighted by atomic mass is 10.0. The molecule has 1 saturated heterocycles. The molecule has 1 aromatic carbocycles. The molecule has 3 aliphatic rings. The topological polar surface area (TPSA) is 51.7 Å². The summed E-state index contributed by atoms with van der Waals surface area (Å²) in [5.41, 5.74) is 6.02. The second-order valence-electron chi connectivity index (χ2n) is 7.43. The summed E-state index contributed by atoms with van der Waals surface area (Å²) < 4.78 is 11.6. The lowest BCUT2D eigenvalue weighted by molar-refractivity contribution is 0.0338. The molecule has 0 radical (unpaired) electrons. The molecule has 5 heteroatoms. The number of allylic oxidation sites excluding steroid dienone is 4. The average Bonchev–Trinajstić information content (AvgIpc) is 3.27. The zero-order valence-corrected chi connectivity index (χ0v) is 15.9. The number of hydrogen-bond donors (Lipinski definition) is 0. The highest BCUT2D eigenvalue weighted by Gasteiger charge is 2.31. The fourth-order valence-electron chi connectivity index (χ4n) is 4.04. The molecule has 0 spiro atoms. The van der Waals surface area contributed by atoms with Crippen LogP contribution in [0.3, 0.4) is 0 Å². The van der Waals surface area contributed by atoms with Crippen LogP contribution in [-0.4, -0.2) is 42.0 Å². The Hall–Kier alpha value is -2.76. The van der Waals surface area contributed by atoms with Crippen LogP contribution in [0, 0.1) is 6.92 Å². The number of pyridine rings is 1. The smallest absolute Gasteiger partial charge is 0.231 e. The van der Waals surface area contributed by atoms with Crippen LogP contribution in [-0.2, 0) is 17.7 Å². The van der Waals surface area contributed by atoms with Gasteiger partial charge in [0.2, 0.25) is 5.78 Å². The van der Waals surface area contributed by atoms with Gasteiger partial charge in [0, 0.05) is 43.4 Å². The first-order chi connectivity index (χ1) is 13.7. The molecule has 0 bridgehead atoms. The zero-order valence-electron chi connectivity index (χ0n) is 15.9. The maximum absolute atomic E-state index is 13.0. The lowest BCUT2D eigenvalue weighted by Crippen LogP contribution is -2.35. The number of hydrogen-bond acceptors (Lipinski definition) is 5.